The molecule has 1 aromatic heterocycles. The van der Waals surface area contributed by atoms with Gasteiger partial charge in [0.05, 0.1) is 11.4 Å². The minimum Gasteiger partial charge on any atom is -0.352 e. The number of aryl methyl sites for hydroxylation is 1. The molecular formula is C22H29N5OS. The van der Waals surface area contributed by atoms with Crippen LogP contribution in [-0.2, 0) is 4.79 Å². The molecule has 0 radical (unpaired) electrons. The Balaban J connectivity index is 1.22. The van der Waals surface area contributed by atoms with Gasteiger partial charge in [0.1, 0.15) is 0 Å². The van der Waals surface area contributed by atoms with Crippen molar-refractivity contribution in [3.8, 4) is 5.69 Å². The Morgan fingerprint density at radius 2 is 1.86 bits per heavy atom. The number of rotatable bonds is 6. The van der Waals surface area contributed by atoms with E-state index in [0.29, 0.717) is 16.3 Å². The highest BCUT2D eigenvalue weighted by Crippen LogP contribution is 2.61. The smallest absolute Gasteiger partial charge is 0.230 e. The van der Waals surface area contributed by atoms with Gasteiger partial charge in [0.2, 0.25) is 11.1 Å². The molecule has 4 bridgehead atoms. The van der Waals surface area contributed by atoms with Gasteiger partial charge in [0.25, 0.3) is 0 Å². The Morgan fingerprint density at radius 1 is 1.21 bits per heavy atom. The fourth-order valence-corrected chi connectivity index (χ4v) is 7.19. The topological polar surface area (TPSA) is 72.7 Å². The SMILES string of the molecule is Cc1ccccc1-n1nnnc1SCC(=O)N[C@H](C)C12CC3CC(CC(C3)C1)C2. The van der Waals surface area contributed by atoms with Gasteiger partial charge in [-0.2, -0.15) is 4.68 Å². The van der Waals surface area contributed by atoms with E-state index in [0.717, 1.165) is 29.0 Å². The largest absolute Gasteiger partial charge is 0.352 e. The van der Waals surface area contributed by atoms with Gasteiger partial charge in [-0.25, -0.2) is 0 Å². The first-order valence-corrected chi connectivity index (χ1v) is 11.8. The van der Waals surface area contributed by atoms with Gasteiger partial charge in [-0.1, -0.05) is 30.0 Å². The maximum Gasteiger partial charge on any atom is 0.230 e. The predicted octanol–water partition coefficient (Wildman–Crippen LogP) is 3.78. The quantitative estimate of drug-likeness (QED) is 0.732. The molecule has 1 amide bonds. The molecule has 7 heteroatoms. The number of aromatic nitrogens is 4. The first-order valence-electron chi connectivity index (χ1n) is 10.8. The summed E-state index contributed by atoms with van der Waals surface area (Å²) in [5.41, 5.74) is 2.38. The van der Waals surface area contributed by atoms with E-state index in [1.54, 1.807) is 4.68 Å². The van der Waals surface area contributed by atoms with Crippen molar-refractivity contribution in [1.29, 1.82) is 0 Å². The number of carbonyl (C=O) groups is 1. The molecule has 0 unspecified atom stereocenters. The van der Waals surface area contributed by atoms with Gasteiger partial charge in [-0.3, -0.25) is 4.79 Å². The summed E-state index contributed by atoms with van der Waals surface area (Å²) < 4.78 is 1.72. The first kappa shape index (κ1) is 19.1. The van der Waals surface area contributed by atoms with Crippen LogP contribution in [-0.4, -0.2) is 37.9 Å². The number of nitrogens with one attached hydrogen (secondary N) is 1. The number of hydrogen-bond donors (Lipinski definition) is 1. The monoisotopic (exact) mass is 411 g/mol. The van der Waals surface area contributed by atoms with Gasteiger partial charge in [0.15, 0.2) is 0 Å². The maximum absolute atomic E-state index is 12.7. The van der Waals surface area contributed by atoms with Crippen molar-refractivity contribution in [3.05, 3.63) is 29.8 Å². The van der Waals surface area contributed by atoms with Crippen LogP contribution in [0.15, 0.2) is 29.4 Å². The highest BCUT2D eigenvalue weighted by atomic mass is 32.2. The lowest BCUT2D eigenvalue weighted by atomic mass is 9.48. The van der Waals surface area contributed by atoms with Gasteiger partial charge < -0.3 is 5.32 Å². The molecule has 2 aromatic rings. The van der Waals surface area contributed by atoms with Crippen molar-refractivity contribution < 1.29 is 4.79 Å². The average Bonchev–Trinajstić information content (AvgIpc) is 3.14. The first-order chi connectivity index (χ1) is 14.0. The van der Waals surface area contributed by atoms with Crippen LogP contribution in [0.2, 0.25) is 0 Å². The fraction of sp³-hybridized carbons (Fsp3) is 0.636. The zero-order chi connectivity index (χ0) is 20.0. The zero-order valence-corrected chi connectivity index (χ0v) is 18.0. The molecule has 4 aliphatic carbocycles. The summed E-state index contributed by atoms with van der Waals surface area (Å²) in [6.07, 6.45) is 8.20. The van der Waals surface area contributed by atoms with Gasteiger partial charge >= 0.3 is 0 Å². The number of carbonyl (C=O) groups excluding carboxylic acids is 1. The fourth-order valence-electron chi connectivity index (χ4n) is 6.50. The lowest BCUT2D eigenvalue weighted by molar-refractivity contribution is -0.123. The summed E-state index contributed by atoms with van der Waals surface area (Å²) in [4.78, 5) is 12.7. The van der Waals surface area contributed by atoms with Crippen molar-refractivity contribution in [2.75, 3.05) is 5.75 Å². The Morgan fingerprint density at radius 3 is 2.52 bits per heavy atom. The number of hydrogen-bond acceptors (Lipinski definition) is 5. The molecule has 6 nitrogen and oxygen atoms in total. The molecular weight excluding hydrogens is 382 g/mol. The van der Waals surface area contributed by atoms with Crippen LogP contribution < -0.4 is 5.32 Å². The molecule has 1 atom stereocenters. The standard InChI is InChI=1S/C22H29N5OS/c1-14-5-3-4-6-19(14)27-21(24-25-26-27)29-13-20(28)23-15(2)22-10-16-7-17(11-22)9-18(8-16)12-22/h3-6,15-18H,7-13H2,1-2H3,(H,23,28)/t15-,16?,17?,18?,22?/m1/s1. The third-order valence-corrected chi connectivity index (χ3v) is 8.42. The van der Waals surface area contributed by atoms with E-state index in [1.807, 2.05) is 31.2 Å². The molecule has 4 fully saturated rings. The average molecular weight is 412 g/mol. The van der Waals surface area contributed by atoms with E-state index in [1.165, 1.54) is 50.3 Å². The van der Waals surface area contributed by atoms with Crippen molar-refractivity contribution in [3.63, 3.8) is 0 Å². The molecule has 154 valence electrons. The van der Waals surface area contributed by atoms with Crippen molar-refractivity contribution >= 4 is 17.7 Å². The van der Waals surface area contributed by atoms with Crippen LogP contribution in [0.4, 0.5) is 0 Å². The third-order valence-electron chi connectivity index (χ3n) is 7.50. The molecule has 0 aliphatic heterocycles. The molecule has 4 aliphatic rings. The van der Waals surface area contributed by atoms with Crippen LogP contribution >= 0.6 is 11.8 Å². The summed E-state index contributed by atoms with van der Waals surface area (Å²) >= 11 is 1.40. The molecule has 4 saturated carbocycles. The molecule has 1 N–H and O–H groups in total. The highest BCUT2D eigenvalue weighted by molar-refractivity contribution is 7.99. The van der Waals surface area contributed by atoms with E-state index in [2.05, 4.69) is 27.8 Å². The van der Waals surface area contributed by atoms with Crippen LogP contribution in [0, 0.1) is 30.1 Å². The second kappa shape index (κ2) is 7.42. The number of amides is 1. The normalized spacial score (nSPS) is 31.0. The van der Waals surface area contributed by atoms with E-state index in [-0.39, 0.29) is 11.9 Å². The van der Waals surface area contributed by atoms with Crippen LogP contribution in [0.3, 0.4) is 0 Å². The number of tetrazole rings is 1. The summed E-state index contributed by atoms with van der Waals surface area (Å²) in [5, 5.41) is 16.0. The van der Waals surface area contributed by atoms with Crippen molar-refractivity contribution in [1.82, 2.24) is 25.5 Å². The molecule has 6 rings (SSSR count). The Kier molecular flexibility index (Phi) is 4.88. The van der Waals surface area contributed by atoms with Gasteiger partial charge in [-0.15, -0.1) is 5.10 Å². The summed E-state index contributed by atoms with van der Waals surface area (Å²) in [6.45, 7) is 4.26. The summed E-state index contributed by atoms with van der Waals surface area (Å²) in [5.74, 6) is 3.11. The lowest BCUT2D eigenvalue weighted by Gasteiger charge is -2.59. The lowest BCUT2D eigenvalue weighted by Crippen LogP contribution is -2.56. The Labute approximate surface area is 176 Å². The predicted molar refractivity (Wildman–Crippen MR) is 113 cm³/mol. The van der Waals surface area contributed by atoms with Gasteiger partial charge in [-0.05, 0) is 97.6 Å². The number of thioether (sulfide) groups is 1. The molecule has 1 heterocycles. The molecule has 0 saturated heterocycles. The van der Waals surface area contributed by atoms with Gasteiger partial charge in [0, 0.05) is 6.04 Å². The highest BCUT2D eigenvalue weighted by Gasteiger charge is 2.53. The summed E-state index contributed by atoms with van der Waals surface area (Å²) in [7, 11) is 0. The maximum atomic E-state index is 12.7. The van der Waals surface area contributed by atoms with Crippen LogP contribution in [0.25, 0.3) is 5.69 Å². The zero-order valence-electron chi connectivity index (χ0n) is 17.2. The van der Waals surface area contributed by atoms with E-state index >= 15 is 0 Å². The minimum absolute atomic E-state index is 0.0811. The Hall–Kier alpha value is -1.89. The van der Waals surface area contributed by atoms with Crippen LogP contribution in [0.5, 0.6) is 0 Å². The van der Waals surface area contributed by atoms with Crippen molar-refractivity contribution in [2.45, 2.75) is 63.6 Å². The van der Waals surface area contributed by atoms with E-state index < -0.39 is 0 Å². The van der Waals surface area contributed by atoms with Crippen LogP contribution in [0.1, 0.15) is 51.0 Å². The number of benzene rings is 1. The summed E-state index contributed by atoms with van der Waals surface area (Å²) in [6, 6.07) is 8.24. The molecule has 1 aromatic carbocycles. The minimum atomic E-state index is 0.0811. The number of para-hydroxylation sites is 1. The van der Waals surface area contributed by atoms with Crippen molar-refractivity contribution in [2.24, 2.45) is 23.2 Å². The second-order valence-corrected chi connectivity index (χ2v) is 10.5. The Bertz CT molecular complexity index is 875. The van der Waals surface area contributed by atoms with E-state index in [9.17, 15) is 4.79 Å². The number of nitrogens with zero attached hydrogens (tertiary/aromatic N) is 4. The third kappa shape index (κ3) is 3.58. The van der Waals surface area contributed by atoms with E-state index in [4.69, 9.17) is 0 Å². The molecule has 0 spiro atoms. The second-order valence-electron chi connectivity index (χ2n) is 9.52. The molecule has 29 heavy (non-hydrogen) atoms.